The summed E-state index contributed by atoms with van der Waals surface area (Å²) < 4.78 is 18.1. The number of benzene rings is 1. The van der Waals surface area contributed by atoms with Crippen LogP contribution in [0.5, 0.6) is 5.75 Å². The van der Waals surface area contributed by atoms with Crippen molar-refractivity contribution in [3.8, 4) is 5.75 Å². The number of carbonyl (C=O) groups is 1. The van der Waals surface area contributed by atoms with Crippen molar-refractivity contribution >= 4 is 11.6 Å². The molecule has 0 unspecified atom stereocenters. The number of hydrazine groups is 1. The molecule has 0 aromatic heterocycles. The molecular weight excluding hydrogens is 257 g/mol. The molecule has 1 aromatic rings. The van der Waals surface area contributed by atoms with Crippen LogP contribution in [0.15, 0.2) is 18.2 Å². The minimum atomic E-state index is -0.642. The molecular formula is C11H14FN3O4. The summed E-state index contributed by atoms with van der Waals surface area (Å²) in [5, 5.41) is 10.7. The van der Waals surface area contributed by atoms with Gasteiger partial charge in [-0.2, -0.15) is 0 Å². The number of hydrogen-bond donors (Lipinski definition) is 2. The number of nitrogens with one attached hydrogen (secondary N) is 1. The number of nitrogens with zero attached hydrogens (tertiary/aromatic N) is 1. The monoisotopic (exact) mass is 271 g/mol. The first-order valence-electron chi connectivity index (χ1n) is 5.60. The molecule has 0 heterocycles. The van der Waals surface area contributed by atoms with Gasteiger partial charge in [-0.3, -0.25) is 20.3 Å². The largest absolute Gasteiger partial charge is 0.487 e. The average molecular weight is 271 g/mol. The predicted octanol–water partition coefficient (Wildman–Crippen LogP) is 1.27. The standard InChI is InChI=1S/C11H14FN3O4/c12-8-4-5-9(15(17)18)10(7-8)19-6-2-1-3-11(16)14-13/h4-5,7H,1-3,6,13H2,(H,14,16). The average Bonchev–Trinajstić information content (AvgIpc) is 2.37. The van der Waals surface area contributed by atoms with Crippen LogP contribution in [0.1, 0.15) is 19.3 Å². The summed E-state index contributed by atoms with van der Waals surface area (Å²) in [5.41, 5.74) is 1.70. The van der Waals surface area contributed by atoms with Crippen LogP contribution in [-0.2, 0) is 4.79 Å². The fraction of sp³-hybridized carbons (Fsp3) is 0.364. The highest BCUT2D eigenvalue weighted by molar-refractivity contribution is 5.75. The lowest BCUT2D eigenvalue weighted by Gasteiger charge is -2.06. The summed E-state index contributed by atoms with van der Waals surface area (Å²) in [6.45, 7) is 0.155. The van der Waals surface area contributed by atoms with E-state index in [1.165, 1.54) is 0 Å². The van der Waals surface area contributed by atoms with E-state index in [1.807, 2.05) is 5.43 Å². The normalized spacial score (nSPS) is 10.0. The van der Waals surface area contributed by atoms with E-state index in [1.54, 1.807) is 0 Å². The van der Waals surface area contributed by atoms with Gasteiger partial charge >= 0.3 is 5.69 Å². The van der Waals surface area contributed by atoms with Crippen molar-refractivity contribution in [3.05, 3.63) is 34.1 Å². The Labute approximate surface area is 108 Å². The first-order chi connectivity index (χ1) is 9.04. The number of nitro benzene ring substituents is 1. The Morgan fingerprint density at radius 3 is 2.84 bits per heavy atom. The van der Waals surface area contributed by atoms with Crippen LogP contribution in [0.25, 0.3) is 0 Å². The Balaban J connectivity index is 2.46. The number of nitro groups is 1. The summed E-state index contributed by atoms with van der Waals surface area (Å²) in [6.07, 6.45) is 1.26. The lowest BCUT2D eigenvalue weighted by atomic mass is 10.2. The molecule has 0 bridgehead atoms. The molecule has 0 radical (unpaired) electrons. The van der Waals surface area contributed by atoms with Crippen LogP contribution in [0.4, 0.5) is 10.1 Å². The third-order valence-electron chi connectivity index (χ3n) is 2.34. The zero-order valence-corrected chi connectivity index (χ0v) is 10.1. The number of halogens is 1. The first-order valence-corrected chi connectivity index (χ1v) is 5.60. The highest BCUT2D eigenvalue weighted by atomic mass is 19.1. The van der Waals surface area contributed by atoms with E-state index in [4.69, 9.17) is 10.6 Å². The number of unbranched alkanes of at least 4 members (excludes halogenated alkanes) is 1. The van der Waals surface area contributed by atoms with Gasteiger partial charge in [0.05, 0.1) is 11.5 Å². The maximum absolute atomic E-state index is 13.0. The van der Waals surface area contributed by atoms with E-state index in [2.05, 4.69) is 0 Å². The molecule has 3 N–H and O–H groups in total. The van der Waals surface area contributed by atoms with Crippen molar-refractivity contribution in [2.24, 2.45) is 5.84 Å². The molecule has 0 saturated carbocycles. The van der Waals surface area contributed by atoms with Crippen molar-refractivity contribution in [3.63, 3.8) is 0 Å². The van der Waals surface area contributed by atoms with E-state index in [0.717, 1.165) is 18.2 Å². The molecule has 0 aliphatic heterocycles. The Morgan fingerprint density at radius 1 is 1.47 bits per heavy atom. The van der Waals surface area contributed by atoms with Gasteiger partial charge in [0.1, 0.15) is 5.82 Å². The van der Waals surface area contributed by atoms with E-state index >= 15 is 0 Å². The smallest absolute Gasteiger partial charge is 0.311 e. The van der Waals surface area contributed by atoms with Crippen molar-refractivity contribution in [2.75, 3.05) is 6.61 Å². The van der Waals surface area contributed by atoms with Gasteiger partial charge in [0, 0.05) is 18.6 Å². The molecule has 0 spiro atoms. The second kappa shape index (κ2) is 7.27. The Bertz CT molecular complexity index is 467. The topological polar surface area (TPSA) is 107 Å². The third kappa shape index (κ3) is 4.88. The van der Waals surface area contributed by atoms with Crippen LogP contribution in [0.2, 0.25) is 0 Å². The van der Waals surface area contributed by atoms with Crippen LogP contribution >= 0.6 is 0 Å². The van der Waals surface area contributed by atoms with Gasteiger partial charge in [-0.25, -0.2) is 10.2 Å². The summed E-state index contributed by atoms with van der Waals surface area (Å²) in [5.74, 6) is 3.88. The summed E-state index contributed by atoms with van der Waals surface area (Å²) >= 11 is 0. The zero-order chi connectivity index (χ0) is 14.3. The summed E-state index contributed by atoms with van der Waals surface area (Å²) in [7, 11) is 0. The quantitative estimate of drug-likeness (QED) is 0.255. The lowest BCUT2D eigenvalue weighted by Crippen LogP contribution is -2.29. The Kier molecular flexibility index (Phi) is 5.68. The number of nitrogens with two attached hydrogens (primary N) is 1. The van der Waals surface area contributed by atoms with E-state index in [0.29, 0.717) is 12.8 Å². The lowest BCUT2D eigenvalue weighted by molar-refractivity contribution is -0.385. The molecule has 1 amide bonds. The van der Waals surface area contributed by atoms with Crippen molar-refractivity contribution in [2.45, 2.75) is 19.3 Å². The van der Waals surface area contributed by atoms with Gasteiger partial charge in [-0.05, 0) is 18.9 Å². The van der Waals surface area contributed by atoms with Crippen molar-refractivity contribution in [1.29, 1.82) is 0 Å². The molecule has 0 fully saturated rings. The molecule has 7 nitrogen and oxygen atoms in total. The van der Waals surface area contributed by atoms with Gasteiger partial charge < -0.3 is 4.74 Å². The van der Waals surface area contributed by atoms with Gasteiger partial charge in [-0.1, -0.05) is 0 Å². The van der Waals surface area contributed by atoms with E-state index in [-0.39, 0.29) is 30.4 Å². The fourth-order valence-electron chi connectivity index (χ4n) is 1.40. The number of ether oxygens (including phenoxy) is 1. The molecule has 0 aliphatic rings. The zero-order valence-electron chi connectivity index (χ0n) is 10.1. The minimum Gasteiger partial charge on any atom is -0.487 e. The van der Waals surface area contributed by atoms with Crippen LogP contribution < -0.4 is 16.0 Å². The molecule has 19 heavy (non-hydrogen) atoms. The van der Waals surface area contributed by atoms with Crippen molar-refractivity contribution < 1.29 is 18.8 Å². The number of rotatable bonds is 7. The first kappa shape index (κ1) is 14.8. The second-order valence-electron chi connectivity index (χ2n) is 3.74. The molecule has 1 rings (SSSR count). The maximum atomic E-state index is 13.0. The maximum Gasteiger partial charge on any atom is 0.311 e. The number of hydrogen-bond acceptors (Lipinski definition) is 5. The Hall–Kier alpha value is -2.22. The highest BCUT2D eigenvalue weighted by Gasteiger charge is 2.15. The number of carbonyl (C=O) groups excluding carboxylic acids is 1. The van der Waals surface area contributed by atoms with Crippen molar-refractivity contribution in [1.82, 2.24) is 5.43 Å². The summed E-state index contributed by atoms with van der Waals surface area (Å²) in [6, 6.07) is 3.01. The Morgan fingerprint density at radius 2 is 2.21 bits per heavy atom. The summed E-state index contributed by atoms with van der Waals surface area (Å²) in [4.78, 5) is 20.9. The predicted molar refractivity (Wildman–Crippen MR) is 64.7 cm³/mol. The molecule has 104 valence electrons. The SMILES string of the molecule is NNC(=O)CCCCOc1cc(F)ccc1[N+](=O)[O-]. The molecule has 1 aromatic carbocycles. The second-order valence-corrected chi connectivity index (χ2v) is 3.74. The molecule has 0 aliphatic carbocycles. The van der Waals surface area contributed by atoms with Gasteiger partial charge in [0.2, 0.25) is 5.91 Å². The fourth-order valence-corrected chi connectivity index (χ4v) is 1.40. The highest BCUT2D eigenvalue weighted by Crippen LogP contribution is 2.27. The third-order valence-corrected chi connectivity index (χ3v) is 2.34. The van der Waals surface area contributed by atoms with E-state index in [9.17, 15) is 19.3 Å². The number of amides is 1. The molecule has 0 saturated heterocycles. The van der Waals surface area contributed by atoms with E-state index < -0.39 is 10.7 Å². The molecule has 0 atom stereocenters. The minimum absolute atomic E-state index is 0.117. The molecule has 8 heteroatoms. The van der Waals surface area contributed by atoms with Crippen LogP contribution in [0, 0.1) is 15.9 Å². The van der Waals surface area contributed by atoms with Crippen LogP contribution in [-0.4, -0.2) is 17.4 Å². The van der Waals surface area contributed by atoms with Gasteiger partial charge in [0.25, 0.3) is 0 Å². The van der Waals surface area contributed by atoms with Gasteiger partial charge in [0.15, 0.2) is 5.75 Å². The van der Waals surface area contributed by atoms with Gasteiger partial charge in [-0.15, -0.1) is 0 Å². The van der Waals surface area contributed by atoms with Crippen LogP contribution in [0.3, 0.4) is 0 Å².